The first-order chi connectivity index (χ1) is 9.33. The normalized spacial score (nSPS) is 18.2. The summed E-state index contributed by atoms with van der Waals surface area (Å²) < 4.78 is 0. The maximum atomic E-state index is 5.88. The van der Waals surface area contributed by atoms with Crippen LogP contribution in [0.2, 0.25) is 5.15 Å². The number of aromatic nitrogens is 3. The molecule has 0 bridgehead atoms. The molecule has 4 heteroatoms. The molecule has 0 unspecified atom stereocenters. The highest BCUT2D eigenvalue weighted by Gasteiger charge is 2.16. The number of hydrogen-bond acceptors (Lipinski definition) is 3. The summed E-state index contributed by atoms with van der Waals surface area (Å²) in [6.45, 7) is 0. The standard InChI is InChI=1S/C15H18ClN3/c16-14-9-8-12-13(18-14)10-17-15(19-12)11-6-4-2-1-3-5-7-11/h8-11H,1-7H2. The third-order valence-corrected chi connectivity index (χ3v) is 4.10. The molecule has 0 aliphatic heterocycles. The smallest absolute Gasteiger partial charge is 0.132 e. The van der Waals surface area contributed by atoms with Crippen LogP contribution in [0, 0.1) is 0 Å². The second-order valence-corrected chi connectivity index (χ2v) is 5.70. The van der Waals surface area contributed by atoms with Crippen LogP contribution in [0.3, 0.4) is 0 Å². The number of fused-ring (bicyclic) bond motifs is 1. The van der Waals surface area contributed by atoms with Gasteiger partial charge in [-0.05, 0) is 25.0 Å². The topological polar surface area (TPSA) is 38.7 Å². The summed E-state index contributed by atoms with van der Waals surface area (Å²) in [6, 6.07) is 3.72. The Labute approximate surface area is 118 Å². The molecule has 1 fully saturated rings. The van der Waals surface area contributed by atoms with Crippen LogP contribution in [0.25, 0.3) is 11.0 Å². The molecule has 2 aromatic rings. The van der Waals surface area contributed by atoms with Gasteiger partial charge in [-0.1, -0.05) is 43.7 Å². The number of pyridine rings is 1. The zero-order chi connectivity index (χ0) is 13.1. The quantitative estimate of drug-likeness (QED) is 0.719. The van der Waals surface area contributed by atoms with Crippen molar-refractivity contribution in [2.75, 3.05) is 0 Å². The van der Waals surface area contributed by atoms with Gasteiger partial charge in [0.05, 0.1) is 11.7 Å². The molecule has 0 atom stereocenters. The Kier molecular flexibility index (Phi) is 3.92. The van der Waals surface area contributed by atoms with Gasteiger partial charge in [-0.15, -0.1) is 0 Å². The summed E-state index contributed by atoms with van der Waals surface area (Å²) in [4.78, 5) is 13.4. The van der Waals surface area contributed by atoms with Crippen molar-refractivity contribution in [3.05, 3.63) is 29.3 Å². The molecule has 3 rings (SSSR count). The van der Waals surface area contributed by atoms with Gasteiger partial charge in [-0.25, -0.2) is 15.0 Å². The summed E-state index contributed by atoms with van der Waals surface area (Å²) >= 11 is 5.88. The van der Waals surface area contributed by atoms with Crippen LogP contribution in [0.4, 0.5) is 0 Å². The molecule has 0 saturated heterocycles. The van der Waals surface area contributed by atoms with Crippen LogP contribution in [0.15, 0.2) is 18.3 Å². The molecule has 0 radical (unpaired) electrons. The van der Waals surface area contributed by atoms with Crippen LogP contribution in [0.1, 0.15) is 56.7 Å². The minimum Gasteiger partial charge on any atom is -0.239 e. The van der Waals surface area contributed by atoms with Gasteiger partial charge >= 0.3 is 0 Å². The Balaban J connectivity index is 1.88. The van der Waals surface area contributed by atoms with E-state index in [0.29, 0.717) is 11.1 Å². The maximum Gasteiger partial charge on any atom is 0.132 e. The van der Waals surface area contributed by atoms with Crippen LogP contribution < -0.4 is 0 Å². The van der Waals surface area contributed by atoms with E-state index in [1.165, 1.54) is 44.9 Å². The lowest BCUT2D eigenvalue weighted by atomic mass is 9.90. The van der Waals surface area contributed by atoms with Crippen LogP contribution >= 0.6 is 11.6 Å². The zero-order valence-electron chi connectivity index (χ0n) is 11.0. The lowest BCUT2D eigenvalue weighted by molar-refractivity contribution is 0.443. The third kappa shape index (κ3) is 3.03. The van der Waals surface area contributed by atoms with Crippen LogP contribution in [0.5, 0.6) is 0 Å². The van der Waals surface area contributed by atoms with E-state index >= 15 is 0 Å². The SMILES string of the molecule is Clc1ccc2nc(C3CCCCCCC3)ncc2n1. The molecule has 0 amide bonds. The first-order valence-corrected chi connectivity index (χ1v) is 7.50. The molecule has 0 spiro atoms. The van der Waals surface area contributed by atoms with Gasteiger partial charge in [0.2, 0.25) is 0 Å². The van der Waals surface area contributed by atoms with Crippen molar-refractivity contribution in [2.24, 2.45) is 0 Å². The number of rotatable bonds is 1. The monoisotopic (exact) mass is 275 g/mol. The van der Waals surface area contributed by atoms with Gasteiger partial charge < -0.3 is 0 Å². The van der Waals surface area contributed by atoms with Crippen molar-refractivity contribution in [2.45, 2.75) is 50.9 Å². The average molecular weight is 276 g/mol. The van der Waals surface area contributed by atoms with Crippen LogP contribution in [-0.4, -0.2) is 15.0 Å². The van der Waals surface area contributed by atoms with Gasteiger partial charge in [-0.2, -0.15) is 0 Å². The maximum absolute atomic E-state index is 5.88. The van der Waals surface area contributed by atoms with E-state index in [0.717, 1.165) is 16.9 Å². The van der Waals surface area contributed by atoms with Gasteiger partial charge in [-0.3, -0.25) is 0 Å². The Morgan fingerprint density at radius 2 is 1.63 bits per heavy atom. The molecule has 19 heavy (non-hydrogen) atoms. The molecule has 1 aliphatic rings. The van der Waals surface area contributed by atoms with Gasteiger partial charge in [0.15, 0.2) is 0 Å². The largest absolute Gasteiger partial charge is 0.239 e. The lowest BCUT2D eigenvalue weighted by Crippen LogP contribution is -2.07. The van der Waals surface area contributed by atoms with Crippen molar-refractivity contribution >= 4 is 22.6 Å². The van der Waals surface area contributed by atoms with E-state index in [2.05, 4.69) is 15.0 Å². The molecular weight excluding hydrogens is 258 g/mol. The predicted molar refractivity (Wildman–Crippen MR) is 77.4 cm³/mol. The van der Waals surface area contributed by atoms with Gasteiger partial charge in [0.25, 0.3) is 0 Å². The van der Waals surface area contributed by atoms with E-state index < -0.39 is 0 Å². The van der Waals surface area contributed by atoms with E-state index in [1.807, 2.05) is 12.3 Å². The van der Waals surface area contributed by atoms with E-state index in [4.69, 9.17) is 11.6 Å². The molecule has 1 saturated carbocycles. The molecule has 3 nitrogen and oxygen atoms in total. The Morgan fingerprint density at radius 1 is 0.895 bits per heavy atom. The second-order valence-electron chi connectivity index (χ2n) is 5.31. The van der Waals surface area contributed by atoms with Crippen molar-refractivity contribution < 1.29 is 0 Å². The summed E-state index contributed by atoms with van der Waals surface area (Å²) in [5, 5.41) is 0.495. The van der Waals surface area contributed by atoms with E-state index in [-0.39, 0.29) is 0 Å². The Hall–Kier alpha value is -1.22. The molecule has 0 N–H and O–H groups in total. The van der Waals surface area contributed by atoms with E-state index in [1.54, 1.807) is 6.07 Å². The predicted octanol–water partition coefficient (Wildman–Crippen LogP) is 4.51. The molecule has 0 aromatic carbocycles. The van der Waals surface area contributed by atoms with Gasteiger partial charge in [0.1, 0.15) is 16.5 Å². The first kappa shape index (κ1) is 12.8. The summed E-state index contributed by atoms with van der Waals surface area (Å²) in [5.41, 5.74) is 1.68. The highest BCUT2D eigenvalue weighted by molar-refractivity contribution is 6.29. The fourth-order valence-electron chi connectivity index (χ4n) is 2.82. The van der Waals surface area contributed by atoms with Crippen molar-refractivity contribution in [1.82, 2.24) is 15.0 Å². The second kappa shape index (κ2) is 5.83. The Morgan fingerprint density at radius 3 is 2.42 bits per heavy atom. The fraction of sp³-hybridized carbons (Fsp3) is 0.533. The molecule has 2 heterocycles. The summed E-state index contributed by atoms with van der Waals surface area (Å²) in [5.74, 6) is 1.50. The minimum atomic E-state index is 0.495. The third-order valence-electron chi connectivity index (χ3n) is 3.89. The zero-order valence-corrected chi connectivity index (χ0v) is 11.7. The van der Waals surface area contributed by atoms with Gasteiger partial charge in [0, 0.05) is 5.92 Å². The van der Waals surface area contributed by atoms with Crippen molar-refractivity contribution in [3.63, 3.8) is 0 Å². The first-order valence-electron chi connectivity index (χ1n) is 7.12. The Bertz CT molecular complexity index is 562. The summed E-state index contributed by atoms with van der Waals surface area (Å²) in [6.07, 6.45) is 10.9. The van der Waals surface area contributed by atoms with Crippen molar-refractivity contribution in [3.8, 4) is 0 Å². The van der Waals surface area contributed by atoms with E-state index in [9.17, 15) is 0 Å². The number of hydrogen-bond donors (Lipinski definition) is 0. The molecule has 100 valence electrons. The number of halogens is 1. The highest BCUT2D eigenvalue weighted by Crippen LogP contribution is 2.29. The molecule has 1 aliphatic carbocycles. The highest BCUT2D eigenvalue weighted by atomic mass is 35.5. The molecule has 2 aromatic heterocycles. The fourth-order valence-corrected chi connectivity index (χ4v) is 2.98. The van der Waals surface area contributed by atoms with Crippen LogP contribution in [-0.2, 0) is 0 Å². The molecular formula is C15H18ClN3. The van der Waals surface area contributed by atoms with Crippen molar-refractivity contribution in [1.29, 1.82) is 0 Å². The lowest BCUT2D eigenvalue weighted by Gasteiger charge is -2.18. The number of nitrogens with zero attached hydrogens (tertiary/aromatic N) is 3. The summed E-state index contributed by atoms with van der Waals surface area (Å²) in [7, 11) is 0. The minimum absolute atomic E-state index is 0.495. The average Bonchev–Trinajstić information content (AvgIpc) is 2.38.